The minimum absolute atomic E-state index is 0.100. The number of methoxy groups -OCH3 is 1. The van der Waals surface area contributed by atoms with Gasteiger partial charge in [0, 0.05) is 69.8 Å². The van der Waals surface area contributed by atoms with Crippen molar-refractivity contribution in [2.75, 3.05) is 56.7 Å². The largest absolute Gasteiger partial charge is 0.385 e. The van der Waals surface area contributed by atoms with Gasteiger partial charge in [-0.3, -0.25) is 9.59 Å². The van der Waals surface area contributed by atoms with E-state index in [2.05, 4.69) is 62.4 Å². The lowest BCUT2D eigenvalue weighted by Gasteiger charge is -2.40. The van der Waals surface area contributed by atoms with Gasteiger partial charge in [0.05, 0.1) is 5.92 Å². The van der Waals surface area contributed by atoms with Gasteiger partial charge in [-0.2, -0.15) is 0 Å². The van der Waals surface area contributed by atoms with Gasteiger partial charge in [0.25, 0.3) is 5.91 Å². The number of fused-ring (bicyclic) bond motifs is 1. The highest BCUT2D eigenvalue weighted by atomic mass is 16.5. The number of hydrogen-bond donors (Lipinski definition) is 2. The number of ether oxygens (including phenoxy) is 1. The molecule has 9 heteroatoms. The maximum atomic E-state index is 14.3. The predicted molar refractivity (Wildman–Crippen MR) is 163 cm³/mol. The van der Waals surface area contributed by atoms with Gasteiger partial charge in [0.1, 0.15) is 17.2 Å². The van der Waals surface area contributed by atoms with Gasteiger partial charge in [-0.1, -0.05) is 52.8 Å². The van der Waals surface area contributed by atoms with Crippen LogP contribution in [-0.2, 0) is 21.4 Å². The molecule has 41 heavy (non-hydrogen) atoms. The number of nitrogens with zero attached hydrogens (tertiary/aromatic N) is 4. The van der Waals surface area contributed by atoms with Gasteiger partial charge in [-0.05, 0) is 43.2 Å². The molecule has 1 fully saturated rings. The van der Waals surface area contributed by atoms with Crippen LogP contribution in [-0.4, -0.2) is 79.2 Å². The molecular weight excluding hydrogens is 516 g/mol. The first-order valence-electron chi connectivity index (χ1n) is 15.1. The van der Waals surface area contributed by atoms with Gasteiger partial charge < -0.3 is 25.2 Å². The van der Waals surface area contributed by atoms with E-state index in [-0.39, 0.29) is 35.1 Å². The van der Waals surface area contributed by atoms with E-state index in [0.29, 0.717) is 56.4 Å². The minimum Gasteiger partial charge on any atom is -0.385 e. The molecule has 3 heterocycles. The van der Waals surface area contributed by atoms with Crippen LogP contribution in [0.1, 0.15) is 75.6 Å². The molecule has 2 amide bonds. The number of aryl methyl sites for hydroxylation is 1. The van der Waals surface area contributed by atoms with Gasteiger partial charge >= 0.3 is 0 Å². The molecule has 2 aliphatic heterocycles. The topological polar surface area (TPSA) is 99.7 Å². The second kappa shape index (κ2) is 13.7. The number of carbonyl (C=O) groups excluding carboxylic acids is 2. The number of rotatable bonds is 10. The third-order valence-corrected chi connectivity index (χ3v) is 7.82. The summed E-state index contributed by atoms with van der Waals surface area (Å²) in [5.41, 5.74) is 2.47. The van der Waals surface area contributed by atoms with Crippen LogP contribution >= 0.6 is 0 Å². The van der Waals surface area contributed by atoms with Crippen molar-refractivity contribution in [1.29, 1.82) is 0 Å². The summed E-state index contributed by atoms with van der Waals surface area (Å²) in [6, 6.07) is 8.10. The Morgan fingerprint density at radius 3 is 2.73 bits per heavy atom. The van der Waals surface area contributed by atoms with Crippen LogP contribution in [0.15, 0.2) is 30.5 Å². The second-order valence-electron chi connectivity index (χ2n) is 12.8. The number of anilines is 2. The first kappa shape index (κ1) is 30.9. The highest BCUT2D eigenvalue weighted by molar-refractivity contribution is 5.99. The van der Waals surface area contributed by atoms with Crippen molar-refractivity contribution < 1.29 is 14.3 Å². The molecular formula is C32H48N6O3. The molecule has 224 valence electrons. The van der Waals surface area contributed by atoms with Gasteiger partial charge in [0.15, 0.2) is 0 Å². The summed E-state index contributed by atoms with van der Waals surface area (Å²) in [5.74, 6) is 1.35. The Balaban J connectivity index is 1.58. The molecule has 1 aromatic heterocycles. The van der Waals surface area contributed by atoms with E-state index in [4.69, 9.17) is 9.72 Å². The number of amides is 2. The lowest BCUT2D eigenvalue weighted by atomic mass is 9.91. The Bertz CT molecular complexity index is 1190. The minimum atomic E-state index is -0.254. The lowest BCUT2D eigenvalue weighted by Crippen LogP contribution is -2.55. The molecule has 2 N–H and O–H groups in total. The summed E-state index contributed by atoms with van der Waals surface area (Å²) in [7, 11) is 1.68. The zero-order valence-electron chi connectivity index (χ0n) is 25.7. The van der Waals surface area contributed by atoms with Gasteiger partial charge in [0.2, 0.25) is 5.91 Å². The zero-order chi connectivity index (χ0) is 29.6. The fourth-order valence-corrected chi connectivity index (χ4v) is 5.73. The molecule has 1 saturated heterocycles. The Kier molecular flexibility index (Phi) is 10.4. The summed E-state index contributed by atoms with van der Waals surface area (Å²) in [6.07, 6.45) is 5.06. The molecule has 0 spiro atoms. The highest BCUT2D eigenvalue weighted by Crippen LogP contribution is 2.31. The number of carbonyl (C=O) groups is 2. The standard InChI is InChI=1S/C32H48N6O3/c1-22(2)21-38(30(40)26-20-35-31(32(3,4)5)36-28(26)34-14-10-16-41-6)25-17-24(18-33-19-25)29(39)37-15-9-12-23-11-7-8-13-27(23)37/h7-8,11,13,20,22,24-25,33H,9-10,12,14-19,21H2,1-6H3,(H,34,35,36)/t24-,25+/m1/s1. The molecule has 0 aliphatic carbocycles. The predicted octanol–water partition coefficient (Wildman–Crippen LogP) is 4.28. The molecule has 2 aromatic rings. The SMILES string of the molecule is COCCCNc1nc(C(C)(C)C)ncc1C(=O)N(CC(C)C)[C@@H]1CNC[C@H](C(=O)N2CCCc3ccccc32)C1. The highest BCUT2D eigenvalue weighted by Gasteiger charge is 2.37. The van der Waals surface area contributed by atoms with Crippen molar-refractivity contribution in [3.63, 3.8) is 0 Å². The molecule has 4 rings (SSSR count). The normalized spacial score (nSPS) is 19.1. The van der Waals surface area contributed by atoms with E-state index in [1.165, 1.54) is 5.56 Å². The fourth-order valence-electron chi connectivity index (χ4n) is 5.73. The average Bonchev–Trinajstić information content (AvgIpc) is 2.96. The van der Waals surface area contributed by atoms with Crippen molar-refractivity contribution in [2.45, 2.75) is 71.8 Å². The van der Waals surface area contributed by atoms with Crippen molar-refractivity contribution in [1.82, 2.24) is 20.2 Å². The summed E-state index contributed by atoms with van der Waals surface area (Å²) in [4.78, 5) is 41.4. The van der Waals surface area contributed by atoms with E-state index in [1.54, 1.807) is 13.3 Å². The Hall–Kier alpha value is -3.04. The summed E-state index contributed by atoms with van der Waals surface area (Å²) >= 11 is 0. The number of benzene rings is 1. The Labute approximate surface area is 245 Å². The monoisotopic (exact) mass is 564 g/mol. The van der Waals surface area contributed by atoms with Crippen LogP contribution < -0.4 is 15.5 Å². The summed E-state index contributed by atoms with van der Waals surface area (Å²) in [5, 5.41) is 6.86. The van der Waals surface area contributed by atoms with Crippen molar-refractivity contribution >= 4 is 23.3 Å². The van der Waals surface area contributed by atoms with E-state index in [1.807, 2.05) is 21.9 Å². The molecule has 2 aliphatic rings. The molecule has 9 nitrogen and oxygen atoms in total. The second-order valence-corrected chi connectivity index (χ2v) is 12.8. The maximum absolute atomic E-state index is 14.3. The summed E-state index contributed by atoms with van der Waals surface area (Å²) < 4.78 is 5.20. The van der Waals surface area contributed by atoms with Gasteiger partial charge in [-0.25, -0.2) is 9.97 Å². The van der Waals surface area contributed by atoms with Gasteiger partial charge in [-0.15, -0.1) is 0 Å². The third-order valence-electron chi connectivity index (χ3n) is 7.82. The smallest absolute Gasteiger partial charge is 0.259 e. The van der Waals surface area contributed by atoms with E-state index in [0.717, 1.165) is 31.5 Å². The number of aromatic nitrogens is 2. The third kappa shape index (κ3) is 7.63. The molecule has 0 radical (unpaired) electrons. The number of nitrogens with one attached hydrogen (secondary N) is 2. The number of piperidine rings is 1. The van der Waals surface area contributed by atoms with Crippen molar-refractivity contribution in [3.8, 4) is 0 Å². The van der Waals surface area contributed by atoms with Crippen LogP contribution in [0.2, 0.25) is 0 Å². The fraction of sp³-hybridized carbons (Fsp3) is 0.625. The van der Waals surface area contributed by atoms with Crippen molar-refractivity contribution in [3.05, 3.63) is 47.4 Å². The van der Waals surface area contributed by atoms with Crippen LogP contribution in [0, 0.1) is 11.8 Å². The van der Waals surface area contributed by atoms with Crippen LogP contribution in [0.3, 0.4) is 0 Å². The quantitative estimate of drug-likeness (QED) is 0.416. The van der Waals surface area contributed by atoms with Crippen molar-refractivity contribution in [2.24, 2.45) is 11.8 Å². The number of hydrogen-bond acceptors (Lipinski definition) is 7. The van der Waals surface area contributed by atoms with Crippen LogP contribution in [0.5, 0.6) is 0 Å². The number of para-hydroxylation sites is 1. The van der Waals surface area contributed by atoms with E-state index in [9.17, 15) is 9.59 Å². The molecule has 1 aromatic carbocycles. The molecule has 0 unspecified atom stereocenters. The van der Waals surface area contributed by atoms with Crippen LogP contribution in [0.25, 0.3) is 0 Å². The first-order valence-corrected chi connectivity index (χ1v) is 15.1. The van der Waals surface area contributed by atoms with E-state index < -0.39 is 0 Å². The zero-order valence-corrected chi connectivity index (χ0v) is 25.7. The summed E-state index contributed by atoms with van der Waals surface area (Å²) in [6.45, 7) is 14.3. The average molecular weight is 565 g/mol. The first-order chi connectivity index (χ1) is 19.6. The van der Waals surface area contributed by atoms with Crippen LogP contribution in [0.4, 0.5) is 11.5 Å². The Morgan fingerprint density at radius 2 is 2.00 bits per heavy atom. The lowest BCUT2D eigenvalue weighted by molar-refractivity contribution is -0.123. The van der Waals surface area contributed by atoms with E-state index >= 15 is 0 Å². The maximum Gasteiger partial charge on any atom is 0.259 e. The molecule has 2 atom stereocenters. The molecule has 0 saturated carbocycles. The Morgan fingerprint density at radius 1 is 1.22 bits per heavy atom. The molecule has 0 bridgehead atoms.